The van der Waals surface area contributed by atoms with Crippen LogP contribution in [0, 0.1) is 17.3 Å². The predicted octanol–water partition coefficient (Wildman–Crippen LogP) is 5.81. The molecule has 3 N–H and O–H groups in total. The summed E-state index contributed by atoms with van der Waals surface area (Å²) >= 11 is 12.2. The van der Waals surface area contributed by atoms with Gasteiger partial charge in [0.25, 0.3) is 0 Å². The normalized spacial score (nSPS) is 27.9. The molecule has 0 saturated carbocycles. The number of rotatable bonds is 10. The lowest BCUT2D eigenvalue weighted by Gasteiger charge is -2.39. The highest BCUT2D eigenvalue weighted by atomic mass is 35.5. The van der Waals surface area contributed by atoms with Crippen LogP contribution >= 0.6 is 23.2 Å². The lowest BCUT2D eigenvalue weighted by molar-refractivity contribution is -0.126. The summed E-state index contributed by atoms with van der Waals surface area (Å²) in [6, 6.07) is 4.62. The van der Waals surface area contributed by atoms with Crippen LogP contribution in [-0.2, 0) is 15.0 Å². The third-order valence-corrected chi connectivity index (χ3v) is 8.96. The summed E-state index contributed by atoms with van der Waals surface area (Å²) in [7, 11) is 0. The largest absolute Gasteiger partial charge is 0.355 e. The van der Waals surface area contributed by atoms with Crippen LogP contribution in [-0.4, -0.2) is 61.7 Å². The maximum Gasteiger partial charge on any atom is 0.237 e. The van der Waals surface area contributed by atoms with Crippen molar-refractivity contribution in [3.05, 3.63) is 52.0 Å². The van der Waals surface area contributed by atoms with E-state index in [2.05, 4.69) is 41.6 Å². The standard InChI is InChI=1S/C31H43Cl2FN4O2/c1-20(9-7-10-22(33)19-34)26-27(28(39)35-13-8-16-38-14-5-6-15-38)37-25(18-30(2,3)4)31(26)23-12-11-21(32)17-24(23)36-29(31)40/h7,9-12,17,20,25-27,37H,5-6,8,13-16,18-19H2,1-4H3,(H,35,39)(H,36,40)/b9-7-,22-10+/t20?,25-,26+,27-,31+/m1/s1. The van der Waals surface area contributed by atoms with Gasteiger partial charge in [0.2, 0.25) is 11.8 Å². The number of anilines is 1. The van der Waals surface area contributed by atoms with E-state index in [9.17, 15) is 14.0 Å². The first-order valence-electron chi connectivity index (χ1n) is 14.4. The van der Waals surface area contributed by atoms with Crippen LogP contribution in [0.5, 0.6) is 0 Å². The predicted molar refractivity (Wildman–Crippen MR) is 162 cm³/mol. The molecule has 1 unspecified atom stereocenters. The van der Waals surface area contributed by atoms with Gasteiger partial charge in [0.1, 0.15) is 6.67 Å². The Balaban J connectivity index is 1.70. The topological polar surface area (TPSA) is 73.5 Å². The van der Waals surface area contributed by atoms with Crippen molar-refractivity contribution < 1.29 is 14.0 Å². The van der Waals surface area contributed by atoms with Crippen LogP contribution in [0.25, 0.3) is 0 Å². The third kappa shape index (κ3) is 6.59. The molecule has 3 heterocycles. The molecule has 5 atom stereocenters. The Morgan fingerprint density at radius 3 is 2.70 bits per heavy atom. The number of allylic oxidation sites excluding steroid dienone is 4. The number of likely N-dealkylation sites (tertiary alicyclic amines) is 1. The zero-order valence-electron chi connectivity index (χ0n) is 24.0. The fourth-order valence-electron chi connectivity index (χ4n) is 6.87. The second-order valence-electron chi connectivity index (χ2n) is 12.7. The first-order valence-corrected chi connectivity index (χ1v) is 15.2. The van der Waals surface area contributed by atoms with Gasteiger partial charge in [0, 0.05) is 34.2 Å². The lowest BCUT2D eigenvalue weighted by atomic mass is 9.61. The Morgan fingerprint density at radius 1 is 1.30 bits per heavy atom. The van der Waals surface area contributed by atoms with E-state index in [1.807, 2.05) is 25.1 Å². The SMILES string of the molecule is CC(/C=C\C=C(\Cl)CF)[C@H]1[C@H](C(=O)NCCCN2CCCC2)N[C@H](CC(C)(C)C)[C@]12C(=O)Nc1cc(Cl)ccc12. The van der Waals surface area contributed by atoms with Crippen molar-refractivity contribution in [3.63, 3.8) is 0 Å². The number of amides is 2. The zero-order chi connectivity index (χ0) is 29.1. The van der Waals surface area contributed by atoms with Gasteiger partial charge >= 0.3 is 0 Å². The van der Waals surface area contributed by atoms with Crippen LogP contribution in [0.2, 0.25) is 5.02 Å². The fourth-order valence-corrected chi connectivity index (χ4v) is 7.12. The number of nitrogens with zero attached hydrogens (tertiary/aromatic N) is 1. The number of nitrogens with one attached hydrogen (secondary N) is 3. The molecule has 2 fully saturated rings. The Bertz CT molecular complexity index is 1140. The van der Waals surface area contributed by atoms with Crippen molar-refractivity contribution in [2.24, 2.45) is 17.3 Å². The molecular weight excluding hydrogens is 550 g/mol. The minimum Gasteiger partial charge on any atom is -0.355 e. The molecular formula is C31H43Cl2FN4O2. The summed E-state index contributed by atoms with van der Waals surface area (Å²) in [5.41, 5.74) is 0.437. The minimum atomic E-state index is -0.998. The van der Waals surface area contributed by atoms with E-state index in [-0.39, 0.29) is 34.2 Å². The number of fused-ring (bicyclic) bond motifs is 2. The van der Waals surface area contributed by atoms with E-state index in [1.54, 1.807) is 12.1 Å². The Morgan fingerprint density at radius 2 is 2.02 bits per heavy atom. The maximum atomic E-state index is 14.1. The molecule has 3 aliphatic rings. The Labute approximate surface area is 248 Å². The monoisotopic (exact) mass is 592 g/mol. The molecule has 1 aromatic rings. The Hall–Kier alpha value is -1.93. The molecule has 40 heavy (non-hydrogen) atoms. The van der Waals surface area contributed by atoms with Crippen molar-refractivity contribution in [2.45, 2.75) is 70.9 Å². The van der Waals surface area contributed by atoms with Crippen LogP contribution in [0.4, 0.5) is 10.1 Å². The number of benzene rings is 1. The van der Waals surface area contributed by atoms with Gasteiger partial charge in [-0.1, -0.05) is 69.1 Å². The molecule has 4 rings (SSSR count). The van der Waals surface area contributed by atoms with Gasteiger partial charge in [-0.25, -0.2) is 4.39 Å². The van der Waals surface area contributed by atoms with Crippen molar-refractivity contribution in [1.82, 2.24) is 15.5 Å². The summed E-state index contributed by atoms with van der Waals surface area (Å²) in [5.74, 6) is -0.853. The van der Waals surface area contributed by atoms with Gasteiger partial charge in [-0.3, -0.25) is 9.59 Å². The molecule has 2 saturated heterocycles. The van der Waals surface area contributed by atoms with Crippen LogP contribution in [0.3, 0.4) is 0 Å². The first-order chi connectivity index (χ1) is 19.0. The summed E-state index contributed by atoms with van der Waals surface area (Å²) in [6.07, 6.45) is 9.20. The Kier molecular flexibility index (Phi) is 10.0. The van der Waals surface area contributed by atoms with E-state index >= 15 is 0 Å². The summed E-state index contributed by atoms with van der Waals surface area (Å²) in [5, 5.41) is 10.5. The smallest absolute Gasteiger partial charge is 0.237 e. The minimum absolute atomic E-state index is 0.0965. The molecule has 3 aliphatic heterocycles. The van der Waals surface area contributed by atoms with Crippen LogP contribution in [0.1, 0.15) is 58.9 Å². The van der Waals surface area contributed by atoms with Gasteiger partial charge in [-0.2, -0.15) is 0 Å². The number of hydrogen-bond acceptors (Lipinski definition) is 4. The van der Waals surface area contributed by atoms with E-state index < -0.39 is 24.0 Å². The van der Waals surface area contributed by atoms with E-state index in [0.29, 0.717) is 23.7 Å². The van der Waals surface area contributed by atoms with E-state index in [1.165, 1.54) is 18.9 Å². The van der Waals surface area contributed by atoms with Gasteiger partial charge < -0.3 is 20.9 Å². The average molecular weight is 594 g/mol. The number of carbonyl (C=O) groups excluding carboxylic acids is 2. The summed E-state index contributed by atoms with van der Waals surface area (Å²) in [6.45, 7) is 11.5. The quantitative estimate of drug-likeness (QED) is 0.237. The molecule has 0 aromatic heterocycles. The zero-order valence-corrected chi connectivity index (χ0v) is 25.5. The summed E-state index contributed by atoms with van der Waals surface area (Å²) < 4.78 is 13.0. The van der Waals surface area contributed by atoms with E-state index in [4.69, 9.17) is 23.2 Å². The average Bonchev–Trinajstić information content (AvgIpc) is 3.58. The second kappa shape index (κ2) is 12.9. The fraction of sp³-hybridized carbons (Fsp3) is 0.613. The number of hydrogen-bond donors (Lipinski definition) is 3. The molecule has 1 spiro atoms. The maximum absolute atomic E-state index is 14.1. The molecule has 9 heteroatoms. The van der Waals surface area contributed by atoms with Crippen LogP contribution < -0.4 is 16.0 Å². The highest BCUT2D eigenvalue weighted by Crippen LogP contribution is 2.55. The molecule has 6 nitrogen and oxygen atoms in total. The third-order valence-electron chi connectivity index (χ3n) is 8.50. The molecule has 220 valence electrons. The molecule has 0 radical (unpaired) electrons. The molecule has 1 aromatic carbocycles. The highest BCUT2D eigenvalue weighted by Gasteiger charge is 2.66. The van der Waals surface area contributed by atoms with Gasteiger partial charge in [-0.15, -0.1) is 0 Å². The van der Waals surface area contributed by atoms with Crippen LogP contribution in [0.15, 0.2) is 41.5 Å². The lowest BCUT2D eigenvalue weighted by Crippen LogP contribution is -2.52. The van der Waals surface area contributed by atoms with E-state index in [0.717, 1.165) is 31.6 Å². The van der Waals surface area contributed by atoms with Crippen molar-refractivity contribution in [3.8, 4) is 0 Å². The van der Waals surface area contributed by atoms with Gasteiger partial charge in [0.15, 0.2) is 0 Å². The number of alkyl halides is 1. The number of halogens is 3. The molecule has 0 aliphatic carbocycles. The van der Waals surface area contributed by atoms with Crippen molar-refractivity contribution >= 4 is 40.7 Å². The van der Waals surface area contributed by atoms with Gasteiger partial charge in [0.05, 0.1) is 11.5 Å². The molecule has 2 amide bonds. The highest BCUT2D eigenvalue weighted by molar-refractivity contribution is 6.31. The molecule has 0 bridgehead atoms. The van der Waals surface area contributed by atoms with Gasteiger partial charge in [-0.05, 0) is 80.4 Å². The van der Waals surface area contributed by atoms with Crippen molar-refractivity contribution in [1.29, 1.82) is 0 Å². The first kappa shape index (κ1) is 31.0. The summed E-state index contributed by atoms with van der Waals surface area (Å²) in [4.78, 5) is 30.4. The second-order valence-corrected chi connectivity index (χ2v) is 13.6. The van der Waals surface area contributed by atoms with Crippen molar-refractivity contribution in [2.75, 3.05) is 38.2 Å². The number of carbonyl (C=O) groups is 2.